The fourth-order valence-corrected chi connectivity index (χ4v) is 2.81. The number of carboxylic acids is 1. The Kier molecular flexibility index (Phi) is 10.0. The van der Waals surface area contributed by atoms with Crippen molar-refractivity contribution in [2.45, 2.75) is 64.4 Å². The summed E-state index contributed by atoms with van der Waals surface area (Å²) in [7, 11) is 0. The molecular weight excluding hydrogens is 304 g/mol. The summed E-state index contributed by atoms with van der Waals surface area (Å²) in [6.45, 7) is 2.14. The number of ketones is 1. The quantitative estimate of drug-likeness (QED) is 0.417. The number of carboxylic acid groups (broad SMARTS) is 1. The van der Waals surface area contributed by atoms with Gasteiger partial charge in [0.25, 0.3) is 0 Å². The number of carbonyl (C=O) groups excluding carboxylic acids is 1. The third kappa shape index (κ3) is 8.25. The van der Waals surface area contributed by atoms with Gasteiger partial charge in [-0.3, -0.25) is 9.59 Å². The third-order valence-corrected chi connectivity index (χ3v) is 4.29. The molecule has 0 bridgehead atoms. The molecule has 0 saturated carbocycles. The minimum absolute atomic E-state index is 0.0435. The van der Waals surface area contributed by atoms with Gasteiger partial charge in [-0.2, -0.15) is 0 Å². The molecule has 2 N–H and O–H groups in total. The highest BCUT2D eigenvalue weighted by molar-refractivity contribution is 5.95. The molecule has 0 aromatic carbocycles. The molecule has 0 aromatic heterocycles. The lowest BCUT2D eigenvalue weighted by atomic mass is 9.90. The zero-order chi connectivity index (χ0) is 17.8. The summed E-state index contributed by atoms with van der Waals surface area (Å²) in [5, 5.41) is 18.5. The average molecular weight is 334 g/mol. The van der Waals surface area contributed by atoms with Crippen LogP contribution < -0.4 is 0 Å². The van der Waals surface area contributed by atoms with Gasteiger partial charge in [0.05, 0.1) is 6.10 Å². The predicted molar refractivity (Wildman–Crippen MR) is 95.7 cm³/mol. The number of rotatable bonds is 12. The highest BCUT2D eigenvalue weighted by Crippen LogP contribution is 2.27. The number of aliphatic hydroxyl groups excluding tert-OH is 1. The molecule has 2 unspecified atom stereocenters. The van der Waals surface area contributed by atoms with Crippen molar-refractivity contribution in [1.82, 2.24) is 0 Å². The second-order valence-corrected chi connectivity index (χ2v) is 6.39. The van der Waals surface area contributed by atoms with Crippen LogP contribution in [0.25, 0.3) is 0 Å². The monoisotopic (exact) mass is 334 g/mol. The Bertz CT molecular complexity index is 476. The van der Waals surface area contributed by atoms with Crippen LogP contribution in [0, 0.1) is 11.8 Å². The Balaban J connectivity index is 2.38. The maximum atomic E-state index is 12.0. The van der Waals surface area contributed by atoms with E-state index in [-0.39, 0.29) is 24.0 Å². The summed E-state index contributed by atoms with van der Waals surface area (Å²) in [5.74, 6) is -0.705. The first-order valence-electron chi connectivity index (χ1n) is 8.99. The Morgan fingerprint density at radius 2 is 2.08 bits per heavy atom. The van der Waals surface area contributed by atoms with Crippen LogP contribution in [-0.4, -0.2) is 28.1 Å². The Hall–Kier alpha value is -1.68. The SMILES string of the molecule is CCCCC[C@H](O)/C=C/C1C=CC(=O)C1C/C=C/CCCC(=O)O. The van der Waals surface area contributed by atoms with Crippen molar-refractivity contribution in [3.8, 4) is 0 Å². The zero-order valence-corrected chi connectivity index (χ0v) is 14.6. The number of allylic oxidation sites excluding steroid dienone is 5. The lowest BCUT2D eigenvalue weighted by Gasteiger charge is -2.13. The topological polar surface area (TPSA) is 74.6 Å². The maximum absolute atomic E-state index is 12.0. The molecule has 1 aliphatic carbocycles. The average Bonchev–Trinajstić information content (AvgIpc) is 2.89. The Morgan fingerprint density at radius 1 is 1.29 bits per heavy atom. The molecule has 0 amide bonds. The second kappa shape index (κ2) is 11.8. The largest absolute Gasteiger partial charge is 0.481 e. The minimum Gasteiger partial charge on any atom is -0.481 e. The first-order chi connectivity index (χ1) is 11.5. The van der Waals surface area contributed by atoms with E-state index in [4.69, 9.17) is 5.11 Å². The van der Waals surface area contributed by atoms with Gasteiger partial charge in [-0.15, -0.1) is 0 Å². The van der Waals surface area contributed by atoms with E-state index in [1.54, 1.807) is 6.08 Å². The molecule has 3 atom stereocenters. The summed E-state index contributed by atoms with van der Waals surface area (Å²) < 4.78 is 0. The van der Waals surface area contributed by atoms with Crippen LogP contribution in [0.4, 0.5) is 0 Å². The molecule has 0 heterocycles. The molecule has 0 fully saturated rings. The molecule has 24 heavy (non-hydrogen) atoms. The van der Waals surface area contributed by atoms with Crippen LogP contribution >= 0.6 is 0 Å². The van der Waals surface area contributed by atoms with Gasteiger partial charge in [-0.25, -0.2) is 0 Å². The second-order valence-electron chi connectivity index (χ2n) is 6.39. The number of carbonyl (C=O) groups is 2. The molecule has 0 spiro atoms. The number of hydrogen-bond acceptors (Lipinski definition) is 3. The van der Waals surface area contributed by atoms with E-state index in [1.165, 1.54) is 0 Å². The van der Waals surface area contributed by atoms with Crippen LogP contribution in [0.15, 0.2) is 36.5 Å². The molecule has 4 heteroatoms. The fourth-order valence-electron chi connectivity index (χ4n) is 2.81. The van der Waals surface area contributed by atoms with Gasteiger partial charge >= 0.3 is 5.97 Å². The standard InChI is InChI=1S/C20H30O4/c1-2-3-6-9-17(21)14-12-16-13-15-19(22)18(16)10-7-4-5-8-11-20(23)24/h4,7,12-18,21H,2-3,5-6,8-11H2,1H3,(H,23,24)/b7-4+,14-12+/t16?,17-,18?/m0/s1. The van der Waals surface area contributed by atoms with E-state index >= 15 is 0 Å². The molecule has 1 rings (SSSR count). The van der Waals surface area contributed by atoms with E-state index in [2.05, 4.69) is 6.92 Å². The molecular formula is C20H30O4. The van der Waals surface area contributed by atoms with Gasteiger partial charge < -0.3 is 10.2 Å². The van der Waals surface area contributed by atoms with Crippen molar-refractivity contribution in [3.05, 3.63) is 36.5 Å². The van der Waals surface area contributed by atoms with Gasteiger partial charge in [0.15, 0.2) is 5.78 Å². The summed E-state index contributed by atoms with van der Waals surface area (Å²) in [5.41, 5.74) is 0. The van der Waals surface area contributed by atoms with Crippen molar-refractivity contribution in [3.63, 3.8) is 0 Å². The number of aliphatic hydroxyl groups is 1. The number of aliphatic carboxylic acids is 1. The number of unbranched alkanes of at least 4 members (excludes halogenated alkanes) is 3. The van der Waals surface area contributed by atoms with Crippen LogP contribution in [0.1, 0.15) is 58.3 Å². The molecule has 0 saturated heterocycles. The summed E-state index contributed by atoms with van der Waals surface area (Å²) in [6.07, 6.45) is 17.0. The van der Waals surface area contributed by atoms with Gasteiger partial charge in [-0.1, -0.05) is 56.6 Å². The van der Waals surface area contributed by atoms with Crippen molar-refractivity contribution in [1.29, 1.82) is 0 Å². The third-order valence-electron chi connectivity index (χ3n) is 4.29. The van der Waals surface area contributed by atoms with Crippen LogP contribution in [-0.2, 0) is 9.59 Å². The van der Waals surface area contributed by atoms with E-state index in [0.717, 1.165) is 32.1 Å². The fraction of sp³-hybridized carbons (Fsp3) is 0.600. The highest BCUT2D eigenvalue weighted by atomic mass is 16.4. The van der Waals surface area contributed by atoms with Crippen LogP contribution in [0.5, 0.6) is 0 Å². The van der Waals surface area contributed by atoms with Crippen molar-refractivity contribution in [2.75, 3.05) is 0 Å². The van der Waals surface area contributed by atoms with E-state index in [9.17, 15) is 14.7 Å². The van der Waals surface area contributed by atoms with E-state index < -0.39 is 12.1 Å². The maximum Gasteiger partial charge on any atom is 0.303 e. The van der Waals surface area contributed by atoms with Crippen molar-refractivity contribution in [2.24, 2.45) is 11.8 Å². The van der Waals surface area contributed by atoms with Crippen molar-refractivity contribution >= 4 is 11.8 Å². The number of hydrogen-bond donors (Lipinski definition) is 2. The minimum atomic E-state index is -0.777. The van der Waals surface area contributed by atoms with Crippen molar-refractivity contribution < 1.29 is 19.8 Å². The first kappa shape index (κ1) is 20.4. The highest BCUT2D eigenvalue weighted by Gasteiger charge is 2.27. The molecule has 0 aromatic rings. The summed E-state index contributed by atoms with van der Waals surface area (Å²) in [4.78, 5) is 22.4. The first-order valence-corrected chi connectivity index (χ1v) is 8.99. The Labute approximate surface area is 145 Å². The van der Waals surface area contributed by atoms with E-state index in [1.807, 2.05) is 30.4 Å². The van der Waals surface area contributed by atoms with Gasteiger partial charge in [0, 0.05) is 18.3 Å². The molecule has 0 radical (unpaired) electrons. The van der Waals surface area contributed by atoms with E-state index in [0.29, 0.717) is 12.8 Å². The van der Waals surface area contributed by atoms with Gasteiger partial charge in [0.1, 0.15) is 0 Å². The lowest BCUT2D eigenvalue weighted by molar-refractivity contribution is -0.137. The zero-order valence-electron chi connectivity index (χ0n) is 14.6. The summed E-state index contributed by atoms with van der Waals surface area (Å²) in [6, 6.07) is 0. The molecule has 4 nitrogen and oxygen atoms in total. The van der Waals surface area contributed by atoms with Crippen LogP contribution in [0.3, 0.4) is 0 Å². The smallest absolute Gasteiger partial charge is 0.303 e. The van der Waals surface area contributed by atoms with Gasteiger partial charge in [0.2, 0.25) is 0 Å². The molecule has 134 valence electrons. The lowest BCUT2D eigenvalue weighted by Crippen LogP contribution is -2.14. The molecule has 0 aliphatic heterocycles. The van der Waals surface area contributed by atoms with Crippen LogP contribution in [0.2, 0.25) is 0 Å². The van der Waals surface area contributed by atoms with Gasteiger partial charge in [-0.05, 0) is 31.8 Å². The summed E-state index contributed by atoms with van der Waals surface area (Å²) >= 11 is 0. The normalized spacial score (nSPS) is 22.0. The predicted octanol–water partition coefficient (Wildman–Crippen LogP) is 4.06. The Morgan fingerprint density at radius 3 is 2.79 bits per heavy atom. The molecule has 1 aliphatic rings.